The summed E-state index contributed by atoms with van der Waals surface area (Å²) in [5.41, 5.74) is 0. The maximum absolute atomic E-state index is 6.04. The fourth-order valence-corrected chi connectivity index (χ4v) is 2.71. The van der Waals surface area contributed by atoms with Gasteiger partial charge in [-0.25, -0.2) is 0 Å². The maximum atomic E-state index is 6.04. The van der Waals surface area contributed by atoms with Crippen molar-refractivity contribution in [3.63, 3.8) is 0 Å². The summed E-state index contributed by atoms with van der Waals surface area (Å²) in [6.07, 6.45) is 0. The number of hydrogen-bond donors (Lipinski definition) is 1. The zero-order valence-electron chi connectivity index (χ0n) is 10.3. The number of nitrogens with one attached hydrogen (secondary N) is 1. The average Bonchev–Trinajstić information content (AvgIpc) is 2.69. The van der Waals surface area contributed by atoms with E-state index in [0.717, 1.165) is 31.2 Å². The molecule has 0 aliphatic carbocycles. The van der Waals surface area contributed by atoms with E-state index in [2.05, 4.69) is 31.0 Å². The summed E-state index contributed by atoms with van der Waals surface area (Å²) in [6.45, 7) is 10.8. The van der Waals surface area contributed by atoms with Crippen LogP contribution in [0.1, 0.15) is 25.6 Å². The van der Waals surface area contributed by atoms with Gasteiger partial charge in [0.05, 0.1) is 5.02 Å². The second-order valence-corrected chi connectivity index (χ2v) is 5.37. The second kappa shape index (κ2) is 7.28. The lowest BCUT2D eigenvalue weighted by Crippen LogP contribution is -2.38. The standard InChI is InChI=1S/C12H21ClN2S/c1-4-15(5-2)9-10(3)14-8-12-11(13)6-7-16-12/h6-7,10,14H,4-5,8-9H2,1-3H3. The van der Waals surface area contributed by atoms with Crippen molar-refractivity contribution in [1.29, 1.82) is 0 Å². The Morgan fingerprint density at radius 2 is 2.12 bits per heavy atom. The van der Waals surface area contributed by atoms with Gasteiger partial charge in [-0.05, 0) is 31.5 Å². The van der Waals surface area contributed by atoms with Crippen LogP contribution in [0.25, 0.3) is 0 Å². The van der Waals surface area contributed by atoms with Crippen LogP contribution >= 0.6 is 22.9 Å². The number of hydrogen-bond acceptors (Lipinski definition) is 3. The molecule has 92 valence electrons. The largest absolute Gasteiger partial charge is 0.308 e. The summed E-state index contributed by atoms with van der Waals surface area (Å²) < 4.78 is 0. The van der Waals surface area contributed by atoms with Crippen LogP contribution in [-0.2, 0) is 6.54 Å². The van der Waals surface area contributed by atoms with E-state index in [1.165, 1.54) is 4.88 Å². The predicted molar refractivity (Wildman–Crippen MR) is 73.4 cm³/mol. The molecule has 0 spiro atoms. The Labute approximate surface area is 108 Å². The van der Waals surface area contributed by atoms with Crippen LogP contribution in [0.3, 0.4) is 0 Å². The van der Waals surface area contributed by atoms with Crippen LogP contribution in [0.5, 0.6) is 0 Å². The molecule has 1 aromatic rings. The van der Waals surface area contributed by atoms with Crippen molar-refractivity contribution in [2.24, 2.45) is 0 Å². The highest BCUT2D eigenvalue weighted by atomic mass is 35.5. The van der Waals surface area contributed by atoms with E-state index in [4.69, 9.17) is 11.6 Å². The third kappa shape index (κ3) is 4.42. The fraction of sp³-hybridized carbons (Fsp3) is 0.667. The molecule has 1 unspecified atom stereocenters. The van der Waals surface area contributed by atoms with E-state index in [1.54, 1.807) is 11.3 Å². The van der Waals surface area contributed by atoms with Crippen LogP contribution in [0.2, 0.25) is 5.02 Å². The number of halogens is 1. The number of nitrogens with zero attached hydrogens (tertiary/aromatic N) is 1. The van der Waals surface area contributed by atoms with Crippen LogP contribution in [0, 0.1) is 0 Å². The molecule has 0 saturated carbocycles. The van der Waals surface area contributed by atoms with Crippen molar-refractivity contribution >= 4 is 22.9 Å². The number of thiophene rings is 1. The first-order chi connectivity index (χ1) is 7.67. The molecule has 16 heavy (non-hydrogen) atoms. The molecule has 1 aromatic heterocycles. The normalized spacial score (nSPS) is 13.3. The summed E-state index contributed by atoms with van der Waals surface area (Å²) in [4.78, 5) is 3.65. The quantitative estimate of drug-likeness (QED) is 0.810. The van der Waals surface area contributed by atoms with Crippen LogP contribution < -0.4 is 5.32 Å². The summed E-state index contributed by atoms with van der Waals surface area (Å²) in [6, 6.07) is 2.45. The summed E-state index contributed by atoms with van der Waals surface area (Å²) in [7, 11) is 0. The summed E-state index contributed by atoms with van der Waals surface area (Å²) >= 11 is 7.76. The highest BCUT2D eigenvalue weighted by Crippen LogP contribution is 2.21. The van der Waals surface area contributed by atoms with Crippen molar-refractivity contribution in [3.8, 4) is 0 Å². The molecule has 2 nitrogen and oxygen atoms in total. The lowest BCUT2D eigenvalue weighted by Gasteiger charge is -2.23. The van der Waals surface area contributed by atoms with Gasteiger partial charge in [-0.15, -0.1) is 11.3 Å². The maximum Gasteiger partial charge on any atom is 0.0558 e. The van der Waals surface area contributed by atoms with Gasteiger partial charge in [-0.2, -0.15) is 0 Å². The molecule has 0 aromatic carbocycles. The zero-order chi connectivity index (χ0) is 12.0. The SMILES string of the molecule is CCN(CC)CC(C)NCc1sccc1Cl. The van der Waals surface area contributed by atoms with E-state index in [1.807, 2.05) is 11.4 Å². The van der Waals surface area contributed by atoms with Gasteiger partial charge in [0, 0.05) is 24.0 Å². The lowest BCUT2D eigenvalue weighted by molar-refractivity contribution is 0.271. The molecule has 0 bridgehead atoms. The molecule has 0 radical (unpaired) electrons. The van der Waals surface area contributed by atoms with Crippen LogP contribution in [0.15, 0.2) is 11.4 Å². The first-order valence-electron chi connectivity index (χ1n) is 5.85. The molecule has 0 saturated heterocycles. The monoisotopic (exact) mass is 260 g/mol. The van der Waals surface area contributed by atoms with Gasteiger partial charge in [0.25, 0.3) is 0 Å². The molecule has 0 fully saturated rings. The molecule has 1 atom stereocenters. The third-order valence-electron chi connectivity index (χ3n) is 2.73. The van der Waals surface area contributed by atoms with Gasteiger partial charge < -0.3 is 10.2 Å². The zero-order valence-corrected chi connectivity index (χ0v) is 11.9. The minimum atomic E-state index is 0.498. The Morgan fingerprint density at radius 1 is 1.44 bits per heavy atom. The molecular formula is C12H21ClN2S. The highest BCUT2D eigenvalue weighted by molar-refractivity contribution is 7.10. The molecule has 1 rings (SSSR count). The fourth-order valence-electron chi connectivity index (χ4n) is 1.65. The van der Waals surface area contributed by atoms with E-state index < -0.39 is 0 Å². The van der Waals surface area contributed by atoms with Crippen molar-refractivity contribution in [2.45, 2.75) is 33.4 Å². The molecule has 4 heteroatoms. The molecule has 0 aliphatic heterocycles. The minimum Gasteiger partial charge on any atom is -0.308 e. The lowest BCUT2D eigenvalue weighted by atomic mass is 10.3. The van der Waals surface area contributed by atoms with Crippen LogP contribution in [-0.4, -0.2) is 30.6 Å². The summed E-state index contributed by atoms with van der Waals surface area (Å²) in [5.74, 6) is 0. The Hall–Kier alpha value is -0.0900. The van der Waals surface area contributed by atoms with E-state index in [-0.39, 0.29) is 0 Å². The Morgan fingerprint density at radius 3 is 2.62 bits per heavy atom. The molecule has 0 aliphatic rings. The van der Waals surface area contributed by atoms with Crippen molar-refractivity contribution < 1.29 is 0 Å². The van der Waals surface area contributed by atoms with Crippen molar-refractivity contribution in [1.82, 2.24) is 10.2 Å². The average molecular weight is 261 g/mol. The van der Waals surface area contributed by atoms with E-state index >= 15 is 0 Å². The van der Waals surface area contributed by atoms with Gasteiger partial charge in [0.1, 0.15) is 0 Å². The van der Waals surface area contributed by atoms with Crippen LogP contribution in [0.4, 0.5) is 0 Å². The van der Waals surface area contributed by atoms with Gasteiger partial charge in [0.2, 0.25) is 0 Å². The molecular weight excluding hydrogens is 240 g/mol. The first kappa shape index (κ1) is 14.0. The van der Waals surface area contributed by atoms with Gasteiger partial charge in [0.15, 0.2) is 0 Å². The molecule has 0 amide bonds. The Kier molecular flexibility index (Phi) is 6.36. The first-order valence-corrected chi connectivity index (χ1v) is 7.10. The predicted octanol–water partition coefficient (Wildman–Crippen LogP) is 3.22. The molecule has 1 heterocycles. The van der Waals surface area contributed by atoms with Gasteiger partial charge in [-0.1, -0.05) is 25.4 Å². The van der Waals surface area contributed by atoms with Gasteiger partial charge in [-0.3, -0.25) is 0 Å². The number of rotatable bonds is 7. The smallest absolute Gasteiger partial charge is 0.0558 e. The molecule has 1 N–H and O–H groups in total. The Bertz CT molecular complexity index is 297. The van der Waals surface area contributed by atoms with Gasteiger partial charge >= 0.3 is 0 Å². The van der Waals surface area contributed by atoms with E-state index in [9.17, 15) is 0 Å². The van der Waals surface area contributed by atoms with Crippen molar-refractivity contribution in [3.05, 3.63) is 21.3 Å². The van der Waals surface area contributed by atoms with E-state index in [0.29, 0.717) is 6.04 Å². The second-order valence-electron chi connectivity index (χ2n) is 3.96. The topological polar surface area (TPSA) is 15.3 Å². The minimum absolute atomic E-state index is 0.498. The Balaban J connectivity index is 2.30. The summed E-state index contributed by atoms with van der Waals surface area (Å²) in [5, 5.41) is 6.43. The van der Waals surface area contributed by atoms with Crippen molar-refractivity contribution in [2.75, 3.05) is 19.6 Å². The number of likely N-dealkylation sites (N-methyl/N-ethyl adjacent to an activating group) is 1. The third-order valence-corrected chi connectivity index (χ3v) is 4.12. The highest BCUT2D eigenvalue weighted by Gasteiger charge is 2.08.